The van der Waals surface area contributed by atoms with Gasteiger partial charge in [-0.3, -0.25) is 14.9 Å². The predicted octanol–water partition coefficient (Wildman–Crippen LogP) is 3.12. The number of carbonyl (C=O) groups excluding carboxylic acids is 2. The first kappa shape index (κ1) is 19.1. The number of nitro groups is 1. The number of nitrogens with one attached hydrogen (secondary N) is 1. The quantitative estimate of drug-likeness (QED) is 0.350. The van der Waals surface area contributed by atoms with Crippen LogP contribution in [-0.4, -0.2) is 34.9 Å². The smallest absolute Gasteiger partial charge is 0.355 e. The van der Waals surface area contributed by atoms with Gasteiger partial charge in [0, 0.05) is 17.3 Å². The van der Waals surface area contributed by atoms with Gasteiger partial charge in [-0.15, -0.1) is 0 Å². The topological polar surface area (TPSA) is 112 Å². The van der Waals surface area contributed by atoms with Gasteiger partial charge in [0.15, 0.2) is 18.2 Å². The van der Waals surface area contributed by atoms with E-state index in [4.69, 9.17) is 9.47 Å². The summed E-state index contributed by atoms with van der Waals surface area (Å²) in [7, 11) is 0. The van der Waals surface area contributed by atoms with Gasteiger partial charge in [-0.2, -0.15) is 0 Å². The lowest BCUT2D eigenvalue weighted by atomic mass is 10.1. The Balaban J connectivity index is 2.16. The van der Waals surface area contributed by atoms with E-state index in [0.717, 1.165) is 12.1 Å². The molecule has 0 unspecified atom stereocenters. The lowest BCUT2D eigenvalue weighted by Crippen LogP contribution is -2.14. The number of nitro benzene ring substituents is 1. The minimum absolute atomic E-state index is 0.175. The molecule has 8 nitrogen and oxygen atoms in total. The van der Waals surface area contributed by atoms with Crippen molar-refractivity contribution in [1.29, 1.82) is 0 Å². The summed E-state index contributed by atoms with van der Waals surface area (Å²) in [5.41, 5.74) is 0.893. The number of esters is 1. The Labute approximate surface area is 148 Å². The third-order valence-corrected chi connectivity index (χ3v) is 3.68. The van der Waals surface area contributed by atoms with Gasteiger partial charge in [0.05, 0.1) is 17.6 Å². The first-order valence-electron chi connectivity index (χ1n) is 7.72. The Kier molecular flexibility index (Phi) is 5.71. The second kappa shape index (κ2) is 7.77. The summed E-state index contributed by atoms with van der Waals surface area (Å²) >= 11 is 0. The predicted molar refractivity (Wildman–Crippen MR) is 89.1 cm³/mol. The minimum atomic E-state index is -0.943. The van der Waals surface area contributed by atoms with E-state index in [2.05, 4.69) is 4.98 Å². The molecule has 0 fully saturated rings. The zero-order valence-electron chi connectivity index (χ0n) is 14.4. The van der Waals surface area contributed by atoms with Crippen molar-refractivity contribution in [2.75, 3.05) is 13.2 Å². The van der Waals surface area contributed by atoms with Crippen LogP contribution in [0.1, 0.15) is 39.0 Å². The number of aryl methyl sites for hydroxylation is 1. The molecule has 0 aliphatic carbocycles. The number of hydrogen-bond donors (Lipinski definition) is 1. The van der Waals surface area contributed by atoms with Crippen molar-refractivity contribution in [2.24, 2.45) is 0 Å². The van der Waals surface area contributed by atoms with E-state index in [1.165, 1.54) is 0 Å². The van der Waals surface area contributed by atoms with Gasteiger partial charge >= 0.3 is 5.97 Å². The van der Waals surface area contributed by atoms with Crippen molar-refractivity contribution in [3.63, 3.8) is 0 Å². The standard InChI is InChI=1S/C17H17FN2O6/c1-4-25-17(22)16-9(2)15(10(3)19-16)13(21)8-26-14-6-5-11(20(23)24)7-12(14)18/h5-7,19H,4,8H2,1-3H3. The highest BCUT2D eigenvalue weighted by Gasteiger charge is 2.23. The van der Waals surface area contributed by atoms with Crippen LogP contribution in [0.5, 0.6) is 5.75 Å². The third-order valence-electron chi connectivity index (χ3n) is 3.68. The normalized spacial score (nSPS) is 10.5. The molecule has 0 aliphatic heterocycles. The maximum absolute atomic E-state index is 13.8. The van der Waals surface area contributed by atoms with Crippen LogP contribution >= 0.6 is 0 Å². The molecule has 138 valence electrons. The molecule has 0 saturated heterocycles. The van der Waals surface area contributed by atoms with Crippen molar-refractivity contribution in [1.82, 2.24) is 4.98 Å². The summed E-state index contributed by atoms with van der Waals surface area (Å²) < 4.78 is 23.9. The van der Waals surface area contributed by atoms with E-state index < -0.39 is 34.8 Å². The average molecular weight is 364 g/mol. The van der Waals surface area contributed by atoms with Crippen LogP contribution in [-0.2, 0) is 4.74 Å². The number of carbonyl (C=O) groups is 2. The van der Waals surface area contributed by atoms with Crippen LogP contribution in [0.4, 0.5) is 10.1 Å². The fraction of sp³-hybridized carbons (Fsp3) is 0.294. The number of nitrogens with zero attached hydrogens (tertiary/aromatic N) is 1. The Bertz CT molecular complexity index is 874. The summed E-state index contributed by atoms with van der Waals surface area (Å²) in [5.74, 6) is -2.26. The molecule has 26 heavy (non-hydrogen) atoms. The first-order valence-corrected chi connectivity index (χ1v) is 7.72. The number of aromatic amines is 1. The number of rotatable bonds is 7. The first-order chi connectivity index (χ1) is 12.3. The van der Waals surface area contributed by atoms with Crippen LogP contribution in [0.15, 0.2) is 18.2 Å². The SMILES string of the molecule is CCOC(=O)c1[nH]c(C)c(C(=O)COc2ccc([N+](=O)[O-])cc2F)c1C. The molecule has 1 aromatic heterocycles. The summed E-state index contributed by atoms with van der Waals surface area (Å²) in [5, 5.41) is 10.6. The van der Waals surface area contributed by atoms with Gasteiger partial charge in [-0.1, -0.05) is 0 Å². The van der Waals surface area contributed by atoms with Crippen LogP contribution in [0.25, 0.3) is 0 Å². The summed E-state index contributed by atoms with van der Waals surface area (Å²) in [4.78, 5) is 36.9. The largest absolute Gasteiger partial charge is 0.482 e. The molecule has 0 atom stereocenters. The van der Waals surface area contributed by atoms with Gasteiger partial charge in [-0.25, -0.2) is 9.18 Å². The highest BCUT2D eigenvalue weighted by Crippen LogP contribution is 2.24. The minimum Gasteiger partial charge on any atom is -0.482 e. The number of non-ortho nitro benzene ring substituents is 1. The van der Waals surface area contributed by atoms with Crippen molar-refractivity contribution in [3.05, 3.63) is 56.6 Å². The van der Waals surface area contributed by atoms with E-state index in [1.54, 1.807) is 20.8 Å². The van der Waals surface area contributed by atoms with Crippen molar-refractivity contribution < 1.29 is 28.4 Å². The van der Waals surface area contributed by atoms with Gasteiger partial charge in [0.25, 0.3) is 5.69 Å². The number of ketones is 1. The molecule has 0 radical (unpaired) electrons. The van der Waals surface area contributed by atoms with Gasteiger partial charge in [0.1, 0.15) is 5.69 Å². The van der Waals surface area contributed by atoms with E-state index in [1.807, 2.05) is 0 Å². The number of Topliss-reactive ketones (excluding diaryl/α,β-unsaturated/α-hetero) is 1. The molecule has 0 bridgehead atoms. The van der Waals surface area contributed by atoms with Gasteiger partial charge in [0.2, 0.25) is 5.78 Å². The number of H-pyrrole nitrogens is 1. The molecule has 0 amide bonds. The molecule has 0 spiro atoms. The zero-order valence-corrected chi connectivity index (χ0v) is 14.4. The molecule has 0 aliphatic rings. The second-order valence-corrected chi connectivity index (χ2v) is 5.43. The number of halogens is 1. The monoisotopic (exact) mass is 364 g/mol. The molecule has 2 aromatic rings. The Morgan fingerprint density at radius 2 is 2.00 bits per heavy atom. The molecule has 9 heteroatoms. The van der Waals surface area contributed by atoms with Crippen molar-refractivity contribution in [2.45, 2.75) is 20.8 Å². The summed E-state index contributed by atoms with van der Waals surface area (Å²) in [6.07, 6.45) is 0. The lowest BCUT2D eigenvalue weighted by molar-refractivity contribution is -0.385. The maximum Gasteiger partial charge on any atom is 0.355 e. The Morgan fingerprint density at radius 1 is 1.31 bits per heavy atom. The molecule has 0 saturated carbocycles. The number of hydrogen-bond acceptors (Lipinski definition) is 6. The van der Waals surface area contributed by atoms with E-state index in [9.17, 15) is 24.1 Å². The lowest BCUT2D eigenvalue weighted by Gasteiger charge is -2.07. The van der Waals surface area contributed by atoms with Crippen LogP contribution < -0.4 is 4.74 Å². The fourth-order valence-corrected chi connectivity index (χ4v) is 2.51. The Hall–Kier alpha value is -3.23. The Morgan fingerprint density at radius 3 is 2.58 bits per heavy atom. The van der Waals surface area contributed by atoms with Gasteiger partial charge in [-0.05, 0) is 32.4 Å². The highest BCUT2D eigenvalue weighted by atomic mass is 19.1. The van der Waals surface area contributed by atoms with Crippen LogP contribution in [0.2, 0.25) is 0 Å². The average Bonchev–Trinajstić information content (AvgIpc) is 2.88. The fourth-order valence-electron chi connectivity index (χ4n) is 2.51. The van der Waals surface area contributed by atoms with Gasteiger partial charge < -0.3 is 14.5 Å². The van der Waals surface area contributed by atoms with Crippen LogP contribution in [0, 0.1) is 29.8 Å². The number of aromatic nitrogens is 1. The van der Waals surface area contributed by atoms with Crippen molar-refractivity contribution >= 4 is 17.4 Å². The molecular formula is C17H17FN2O6. The van der Waals surface area contributed by atoms with Crippen LogP contribution in [0.3, 0.4) is 0 Å². The van der Waals surface area contributed by atoms with E-state index >= 15 is 0 Å². The highest BCUT2D eigenvalue weighted by molar-refractivity contribution is 6.03. The van der Waals surface area contributed by atoms with E-state index in [-0.39, 0.29) is 23.6 Å². The zero-order chi connectivity index (χ0) is 19.4. The summed E-state index contributed by atoms with van der Waals surface area (Å²) in [6, 6.07) is 2.88. The summed E-state index contributed by atoms with van der Waals surface area (Å²) in [6.45, 7) is 4.59. The molecule has 2 rings (SSSR count). The molecule has 1 N–H and O–H groups in total. The molecule has 1 heterocycles. The maximum atomic E-state index is 13.8. The molecule has 1 aromatic carbocycles. The third kappa shape index (κ3) is 3.88. The number of benzene rings is 1. The second-order valence-electron chi connectivity index (χ2n) is 5.43. The van der Waals surface area contributed by atoms with E-state index in [0.29, 0.717) is 17.3 Å². The van der Waals surface area contributed by atoms with Crippen molar-refractivity contribution in [3.8, 4) is 5.75 Å². The number of ether oxygens (including phenoxy) is 2. The molecular weight excluding hydrogens is 347 g/mol.